The molecule has 0 atom stereocenters. The first-order chi connectivity index (χ1) is 32.2. The summed E-state index contributed by atoms with van der Waals surface area (Å²) >= 11 is 0. The van der Waals surface area contributed by atoms with Gasteiger partial charge in [-0.1, -0.05) is 170 Å². The number of furan rings is 1. The normalized spacial score (nSPS) is 11.4. The molecule has 1 aromatic heterocycles. The zero-order valence-corrected chi connectivity index (χ0v) is 35.6. The van der Waals surface area contributed by atoms with E-state index in [2.05, 4.69) is 265 Å². The lowest BCUT2D eigenvalue weighted by molar-refractivity contribution is 0.670. The van der Waals surface area contributed by atoms with Gasteiger partial charge in [0.15, 0.2) is 0 Å². The van der Waals surface area contributed by atoms with Crippen LogP contribution in [-0.2, 0) is 0 Å². The first kappa shape index (κ1) is 38.0. The van der Waals surface area contributed by atoms with E-state index in [9.17, 15) is 0 Å². The van der Waals surface area contributed by atoms with Gasteiger partial charge in [-0.15, -0.1) is 0 Å². The van der Waals surface area contributed by atoms with Gasteiger partial charge in [0.05, 0.1) is 11.4 Å². The molecule has 0 aliphatic rings. The minimum absolute atomic E-state index is 0.866. The number of para-hydroxylation sites is 3. The second-order valence-electron chi connectivity index (χ2n) is 16.6. The van der Waals surface area contributed by atoms with Gasteiger partial charge in [-0.25, -0.2) is 0 Å². The molecule has 3 heteroatoms. The van der Waals surface area contributed by atoms with E-state index in [4.69, 9.17) is 4.42 Å². The summed E-state index contributed by atoms with van der Waals surface area (Å²) in [5.41, 5.74) is 15.3. The summed E-state index contributed by atoms with van der Waals surface area (Å²) in [6.07, 6.45) is 0. The van der Waals surface area contributed by atoms with E-state index < -0.39 is 0 Å². The lowest BCUT2D eigenvalue weighted by Gasteiger charge is -2.28. The van der Waals surface area contributed by atoms with E-state index in [0.29, 0.717) is 0 Å². The summed E-state index contributed by atoms with van der Waals surface area (Å²) in [4.78, 5) is 4.74. The summed E-state index contributed by atoms with van der Waals surface area (Å²) in [5.74, 6) is 0. The molecule has 12 aromatic rings. The van der Waals surface area contributed by atoms with E-state index in [1.807, 2.05) is 0 Å². The fraction of sp³-hybridized carbons (Fsp3) is 0. The standard InChI is InChI=1S/C62H42N2O/c1-5-18-43(19-6-1)46-24-17-27-52(36-46)64(60-31-16-14-29-56(60)45-22-9-3-10-23-45)54-35-33-48-40-58-57-39-47-32-34-53(37-49(47)41-61(57)65-62(58)42-50(48)38-54)63(51-25-11-4-12-26-51)59-30-15-13-28-55(59)44-20-7-2-8-21-44/h1-42H. The Hall–Kier alpha value is -8.66. The summed E-state index contributed by atoms with van der Waals surface area (Å²) in [5, 5.41) is 6.76. The van der Waals surface area contributed by atoms with Gasteiger partial charge in [0.25, 0.3) is 0 Å². The predicted octanol–water partition coefficient (Wildman–Crippen LogP) is 17.8. The van der Waals surface area contributed by atoms with Crippen LogP contribution < -0.4 is 9.80 Å². The lowest BCUT2D eigenvalue weighted by Crippen LogP contribution is -2.11. The van der Waals surface area contributed by atoms with Crippen LogP contribution in [0.15, 0.2) is 259 Å². The van der Waals surface area contributed by atoms with Crippen molar-refractivity contribution in [1.29, 1.82) is 0 Å². The van der Waals surface area contributed by atoms with Crippen molar-refractivity contribution in [3.63, 3.8) is 0 Å². The molecular formula is C62H42N2O. The van der Waals surface area contributed by atoms with Gasteiger partial charge in [-0.2, -0.15) is 0 Å². The molecule has 3 nitrogen and oxygen atoms in total. The van der Waals surface area contributed by atoms with Crippen LogP contribution in [0.3, 0.4) is 0 Å². The zero-order chi connectivity index (χ0) is 43.1. The van der Waals surface area contributed by atoms with Crippen molar-refractivity contribution in [2.75, 3.05) is 9.80 Å². The smallest absolute Gasteiger partial charge is 0.136 e. The van der Waals surface area contributed by atoms with Crippen molar-refractivity contribution >= 4 is 77.6 Å². The monoisotopic (exact) mass is 830 g/mol. The Bertz CT molecular complexity index is 3660. The van der Waals surface area contributed by atoms with Gasteiger partial charge in [-0.05, 0) is 129 Å². The molecule has 0 amide bonds. The van der Waals surface area contributed by atoms with Crippen LogP contribution in [0.25, 0.3) is 76.9 Å². The van der Waals surface area contributed by atoms with Crippen molar-refractivity contribution < 1.29 is 4.42 Å². The van der Waals surface area contributed by atoms with Gasteiger partial charge in [0.2, 0.25) is 0 Å². The molecule has 11 aromatic carbocycles. The molecule has 0 radical (unpaired) electrons. The minimum atomic E-state index is 0.866. The SMILES string of the molecule is c1ccc(-c2cccc(N(c3ccc4cc5c(cc4c3)oc3cc4cc(N(c6ccccc6)c6ccccc6-c6ccccc6)ccc4cc35)c3ccccc3-c3ccccc3)c2)cc1. The first-order valence-electron chi connectivity index (χ1n) is 22.2. The van der Waals surface area contributed by atoms with Crippen molar-refractivity contribution in [2.24, 2.45) is 0 Å². The Labute approximate surface area is 378 Å². The fourth-order valence-electron chi connectivity index (χ4n) is 9.46. The summed E-state index contributed by atoms with van der Waals surface area (Å²) in [7, 11) is 0. The lowest BCUT2D eigenvalue weighted by atomic mass is 9.99. The fourth-order valence-corrected chi connectivity index (χ4v) is 9.46. The Morgan fingerprint density at radius 3 is 1.17 bits per heavy atom. The summed E-state index contributed by atoms with van der Waals surface area (Å²) in [6, 6.07) is 91.2. The molecule has 0 bridgehead atoms. The first-order valence-corrected chi connectivity index (χ1v) is 22.2. The third kappa shape index (κ3) is 7.06. The zero-order valence-electron chi connectivity index (χ0n) is 35.6. The number of nitrogens with zero attached hydrogens (tertiary/aromatic N) is 2. The van der Waals surface area contributed by atoms with E-state index in [1.165, 1.54) is 27.8 Å². The van der Waals surface area contributed by atoms with Crippen LogP contribution in [0.1, 0.15) is 0 Å². The quantitative estimate of drug-likeness (QED) is 0.144. The molecule has 0 saturated carbocycles. The highest BCUT2D eigenvalue weighted by Crippen LogP contribution is 2.45. The molecular weight excluding hydrogens is 789 g/mol. The number of hydrogen-bond donors (Lipinski definition) is 0. The van der Waals surface area contributed by atoms with Gasteiger partial charge >= 0.3 is 0 Å². The number of anilines is 6. The molecule has 0 fully saturated rings. The number of hydrogen-bond acceptors (Lipinski definition) is 3. The topological polar surface area (TPSA) is 19.6 Å². The van der Waals surface area contributed by atoms with E-state index in [0.717, 1.165) is 83.2 Å². The van der Waals surface area contributed by atoms with Crippen molar-refractivity contribution in [2.45, 2.75) is 0 Å². The van der Waals surface area contributed by atoms with Crippen LogP contribution in [0.4, 0.5) is 34.1 Å². The minimum Gasteiger partial charge on any atom is -0.456 e. The van der Waals surface area contributed by atoms with E-state index in [1.54, 1.807) is 0 Å². The Balaban J connectivity index is 0.978. The molecule has 306 valence electrons. The molecule has 65 heavy (non-hydrogen) atoms. The Kier molecular flexibility index (Phi) is 9.50. The molecule has 0 aliphatic heterocycles. The second-order valence-corrected chi connectivity index (χ2v) is 16.6. The highest BCUT2D eigenvalue weighted by Gasteiger charge is 2.21. The molecule has 1 heterocycles. The third-order valence-corrected chi connectivity index (χ3v) is 12.6. The molecule has 0 saturated heterocycles. The number of rotatable bonds is 9. The van der Waals surface area contributed by atoms with Crippen molar-refractivity contribution in [3.8, 4) is 33.4 Å². The maximum atomic E-state index is 6.80. The average Bonchev–Trinajstić information content (AvgIpc) is 3.72. The largest absolute Gasteiger partial charge is 0.456 e. The van der Waals surface area contributed by atoms with Crippen LogP contribution in [0.5, 0.6) is 0 Å². The predicted molar refractivity (Wildman–Crippen MR) is 274 cm³/mol. The van der Waals surface area contributed by atoms with Crippen LogP contribution in [0, 0.1) is 0 Å². The third-order valence-electron chi connectivity index (χ3n) is 12.6. The Morgan fingerprint density at radius 1 is 0.246 bits per heavy atom. The van der Waals surface area contributed by atoms with E-state index >= 15 is 0 Å². The van der Waals surface area contributed by atoms with Gasteiger partial charge in [0, 0.05) is 44.6 Å². The van der Waals surface area contributed by atoms with Crippen molar-refractivity contribution in [1.82, 2.24) is 0 Å². The summed E-state index contributed by atoms with van der Waals surface area (Å²) < 4.78 is 6.80. The van der Waals surface area contributed by atoms with Gasteiger partial charge < -0.3 is 14.2 Å². The molecule has 12 rings (SSSR count). The highest BCUT2D eigenvalue weighted by atomic mass is 16.3. The maximum absolute atomic E-state index is 6.80. The van der Waals surface area contributed by atoms with Crippen LogP contribution >= 0.6 is 0 Å². The highest BCUT2D eigenvalue weighted by molar-refractivity contribution is 6.14. The molecule has 0 spiro atoms. The van der Waals surface area contributed by atoms with Crippen LogP contribution in [-0.4, -0.2) is 0 Å². The van der Waals surface area contributed by atoms with Crippen LogP contribution in [0.2, 0.25) is 0 Å². The maximum Gasteiger partial charge on any atom is 0.136 e. The molecule has 0 N–H and O–H groups in total. The summed E-state index contributed by atoms with van der Waals surface area (Å²) in [6.45, 7) is 0. The molecule has 0 unspecified atom stereocenters. The number of benzene rings is 11. The average molecular weight is 831 g/mol. The van der Waals surface area contributed by atoms with Gasteiger partial charge in [-0.3, -0.25) is 0 Å². The molecule has 0 aliphatic carbocycles. The van der Waals surface area contributed by atoms with Gasteiger partial charge in [0.1, 0.15) is 11.2 Å². The van der Waals surface area contributed by atoms with E-state index in [-0.39, 0.29) is 0 Å². The van der Waals surface area contributed by atoms with Crippen molar-refractivity contribution in [3.05, 3.63) is 255 Å². The Morgan fingerprint density at radius 2 is 0.646 bits per heavy atom. The number of fused-ring (bicyclic) bond motifs is 5. The second kappa shape index (κ2) is 16.2.